The minimum Gasteiger partial charge on any atom is -0.456 e. The van der Waals surface area contributed by atoms with Crippen molar-refractivity contribution in [2.45, 2.75) is 0 Å². The van der Waals surface area contributed by atoms with Gasteiger partial charge in [-0.1, -0.05) is 23.2 Å². The third kappa shape index (κ3) is 5.24. The highest BCUT2D eigenvalue weighted by atomic mass is 35.5. The van der Waals surface area contributed by atoms with Gasteiger partial charge >= 0.3 is 5.97 Å². The lowest BCUT2D eigenvalue weighted by molar-refractivity contribution is -0.141. The van der Waals surface area contributed by atoms with E-state index in [0.29, 0.717) is 11.1 Å². The van der Waals surface area contributed by atoms with Gasteiger partial charge in [-0.25, -0.2) is 8.78 Å². The molecule has 2 rings (SSSR count). The fourth-order valence-electron chi connectivity index (χ4n) is 1.91. The minimum atomic E-state index is -0.936. The van der Waals surface area contributed by atoms with Crippen molar-refractivity contribution >= 4 is 40.9 Å². The molecule has 0 fully saturated rings. The molecular weight excluding hydrogens is 391 g/mol. The fraction of sp³-hybridized carbons (Fsp3) is 0.118. The summed E-state index contributed by atoms with van der Waals surface area (Å²) in [5, 5.41) is 2.70. The second-order valence-electron chi connectivity index (χ2n) is 5.01. The summed E-state index contributed by atoms with van der Waals surface area (Å²) in [6.07, 6.45) is 0. The summed E-state index contributed by atoms with van der Waals surface area (Å²) in [5.74, 6) is -4.23. The average Bonchev–Trinajstić information content (AvgIpc) is 2.59. The molecule has 0 atom stereocenters. The first-order valence-electron chi connectivity index (χ1n) is 7.15. The van der Waals surface area contributed by atoms with Gasteiger partial charge in [0.25, 0.3) is 5.91 Å². The largest absolute Gasteiger partial charge is 0.456 e. The Balaban J connectivity index is 1.86. The highest BCUT2D eigenvalue weighted by molar-refractivity contribution is 6.36. The number of nitrogens with one attached hydrogen (secondary N) is 1. The highest BCUT2D eigenvalue weighted by Crippen LogP contribution is 2.20. The van der Waals surface area contributed by atoms with E-state index >= 15 is 0 Å². The van der Waals surface area contributed by atoms with Crippen LogP contribution in [0.5, 0.6) is 0 Å². The predicted octanol–water partition coefficient (Wildman–Crippen LogP) is 3.43. The van der Waals surface area contributed by atoms with E-state index in [-0.39, 0.29) is 10.6 Å². The predicted molar refractivity (Wildman–Crippen MR) is 90.4 cm³/mol. The minimum absolute atomic E-state index is 0.0973. The molecule has 26 heavy (non-hydrogen) atoms. The quantitative estimate of drug-likeness (QED) is 0.594. The summed E-state index contributed by atoms with van der Waals surface area (Å²) in [6.45, 7) is -1.34. The first kappa shape index (κ1) is 19.8. The number of esters is 1. The van der Waals surface area contributed by atoms with Crippen LogP contribution in [0, 0.1) is 11.6 Å². The number of benzene rings is 2. The molecule has 0 unspecified atom stereocenters. The Bertz CT molecular complexity index is 874. The van der Waals surface area contributed by atoms with Crippen molar-refractivity contribution in [1.29, 1.82) is 0 Å². The molecule has 9 heteroatoms. The third-order valence-electron chi connectivity index (χ3n) is 3.16. The third-order valence-corrected chi connectivity index (χ3v) is 3.71. The summed E-state index contributed by atoms with van der Waals surface area (Å²) < 4.78 is 31.1. The number of ketones is 1. The molecule has 0 aliphatic heterocycles. The maximum absolute atomic E-state index is 13.4. The van der Waals surface area contributed by atoms with Crippen LogP contribution in [-0.2, 0) is 9.53 Å². The second kappa shape index (κ2) is 8.73. The number of ether oxygens (including phenoxy) is 1. The molecule has 0 radical (unpaired) electrons. The van der Waals surface area contributed by atoms with Gasteiger partial charge in [-0.2, -0.15) is 0 Å². The van der Waals surface area contributed by atoms with Crippen LogP contribution in [0.15, 0.2) is 36.4 Å². The molecule has 0 aromatic heterocycles. The number of rotatable bonds is 6. The van der Waals surface area contributed by atoms with Crippen molar-refractivity contribution in [1.82, 2.24) is 5.32 Å². The topological polar surface area (TPSA) is 72.5 Å². The van der Waals surface area contributed by atoms with Crippen LogP contribution in [0.3, 0.4) is 0 Å². The fourth-order valence-corrected chi connectivity index (χ4v) is 2.40. The number of Topliss-reactive ketones (excluding diaryl/α,β-unsaturated/α-hetero) is 1. The molecule has 0 saturated heterocycles. The Morgan fingerprint density at radius 3 is 2.42 bits per heavy atom. The zero-order valence-electron chi connectivity index (χ0n) is 13.0. The van der Waals surface area contributed by atoms with E-state index < -0.39 is 48.0 Å². The zero-order chi connectivity index (χ0) is 19.3. The van der Waals surface area contributed by atoms with E-state index in [0.717, 1.165) is 12.1 Å². The van der Waals surface area contributed by atoms with E-state index in [1.807, 2.05) is 0 Å². The van der Waals surface area contributed by atoms with Gasteiger partial charge in [-0.3, -0.25) is 14.4 Å². The van der Waals surface area contributed by atoms with Crippen molar-refractivity contribution in [3.05, 3.63) is 69.2 Å². The van der Waals surface area contributed by atoms with Crippen molar-refractivity contribution < 1.29 is 27.9 Å². The van der Waals surface area contributed by atoms with Crippen molar-refractivity contribution in [3.63, 3.8) is 0 Å². The average molecular weight is 402 g/mol. The molecule has 5 nitrogen and oxygen atoms in total. The van der Waals surface area contributed by atoms with Gasteiger partial charge in [0.05, 0.1) is 16.1 Å². The molecule has 0 aliphatic carbocycles. The zero-order valence-corrected chi connectivity index (χ0v) is 14.5. The summed E-state index contributed by atoms with van der Waals surface area (Å²) in [4.78, 5) is 35.3. The highest BCUT2D eigenvalue weighted by Gasteiger charge is 2.16. The number of halogens is 4. The molecule has 0 spiro atoms. The van der Waals surface area contributed by atoms with Crippen LogP contribution < -0.4 is 5.32 Å². The lowest BCUT2D eigenvalue weighted by atomic mass is 10.1. The smallest absolute Gasteiger partial charge is 0.325 e. The first-order chi connectivity index (χ1) is 12.3. The number of amides is 1. The maximum Gasteiger partial charge on any atom is 0.325 e. The van der Waals surface area contributed by atoms with Gasteiger partial charge < -0.3 is 10.1 Å². The molecule has 0 saturated carbocycles. The normalized spacial score (nSPS) is 10.3. The Hall–Kier alpha value is -2.51. The molecule has 0 bridgehead atoms. The summed E-state index contributed by atoms with van der Waals surface area (Å²) in [7, 11) is 0. The van der Waals surface area contributed by atoms with Gasteiger partial charge in [-0.15, -0.1) is 0 Å². The molecule has 1 N–H and O–H groups in total. The van der Waals surface area contributed by atoms with Gasteiger partial charge in [0.2, 0.25) is 5.78 Å². The summed E-state index contributed by atoms with van der Waals surface area (Å²) in [6, 6.07) is 6.54. The van der Waals surface area contributed by atoms with Gasteiger partial charge in [0, 0.05) is 5.02 Å². The Morgan fingerprint density at radius 1 is 1.00 bits per heavy atom. The summed E-state index contributed by atoms with van der Waals surface area (Å²) in [5.41, 5.74) is -0.434. The van der Waals surface area contributed by atoms with Crippen molar-refractivity contribution in [2.75, 3.05) is 13.2 Å². The molecule has 0 heterocycles. The molecule has 2 aromatic carbocycles. The lowest BCUT2D eigenvalue weighted by Crippen LogP contribution is -2.31. The van der Waals surface area contributed by atoms with Crippen LogP contribution >= 0.6 is 23.2 Å². The summed E-state index contributed by atoms with van der Waals surface area (Å²) >= 11 is 11.6. The molecular formula is C17H11Cl2F2NO4. The SMILES string of the molecule is O=C(CNC(=O)c1ccc(Cl)cc1Cl)OCC(=O)c1cc(F)ccc1F. The van der Waals surface area contributed by atoms with Crippen LogP contribution in [0.4, 0.5) is 8.78 Å². The maximum atomic E-state index is 13.4. The monoisotopic (exact) mass is 401 g/mol. The van der Waals surface area contributed by atoms with Gasteiger partial charge in [0.15, 0.2) is 6.61 Å². The van der Waals surface area contributed by atoms with Gasteiger partial charge in [-0.05, 0) is 36.4 Å². The van der Waals surface area contributed by atoms with Crippen LogP contribution in [0.2, 0.25) is 10.0 Å². The van der Waals surface area contributed by atoms with E-state index in [2.05, 4.69) is 10.1 Å². The molecule has 2 aromatic rings. The van der Waals surface area contributed by atoms with E-state index in [1.165, 1.54) is 18.2 Å². The number of hydrogen-bond donors (Lipinski definition) is 1. The van der Waals surface area contributed by atoms with Crippen molar-refractivity contribution in [2.24, 2.45) is 0 Å². The van der Waals surface area contributed by atoms with E-state index in [1.54, 1.807) is 0 Å². The Kier molecular flexibility index (Phi) is 6.65. The number of hydrogen-bond acceptors (Lipinski definition) is 4. The van der Waals surface area contributed by atoms with Crippen LogP contribution in [-0.4, -0.2) is 30.8 Å². The molecule has 136 valence electrons. The first-order valence-corrected chi connectivity index (χ1v) is 7.90. The van der Waals surface area contributed by atoms with Crippen LogP contribution in [0.25, 0.3) is 0 Å². The molecule has 0 aliphatic rings. The second-order valence-corrected chi connectivity index (χ2v) is 5.86. The van der Waals surface area contributed by atoms with Crippen LogP contribution in [0.1, 0.15) is 20.7 Å². The standard InChI is InChI=1S/C17H11Cl2F2NO4/c18-9-1-3-11(13(19)5-9)17(25)22-7-16(24)26-8-15(23)12-6-10(20)2-4-14(12)21/h1-6H,7-8H2,(H,22,25). The van der Waals surface area contributed by atoms with E-state index in [9.17, 15) is 23.2 Å². The Labute approximate surface area is 156 Å². The number of carbonyl (C=O) groups is 3. The molecule has 1 amide bonds. The van der Waals surface area contributed by atoms with E-state index in [4.69, 9.17) is 23.2 Å². The van der Waals surface area contributed by atoms with Crippen molar-refractivity contribution in [3.8, 4) is 0 Å². The lowest BCUT2D eigenvalue weighted by Gasteiger charge is -2.08. The van der Waals surface area contributed by atoms with Gasteiger partial charge in [0.1, 0.15) is 18.2 Å². The number of carbonyl (C=O) groups excluding carboxylic acids is 3. The Morgan fingerprint density at radius 2 is 1.73 bits per heavy atom.